The van der Waals surface area contributed by atoms with Gasteiger partial charge in [-0.2, -0.15) is 0 Å². The first-order valence-electron chi connectivity index (χ1n) is 9.35. The van der Waals surface area contributed by atoms with Crippen LogP contribution >= 0.6 is 24.0 Å². The molecule has 3 rings (SSSR count). The number of benzene rings is 2. The Morgan fingerprint density at radius 3 is 2.50 bits per heavy atom. The third-order valence-corrected chi connectivity index (χ3v) is 5.15. The Balaban J connectivity index is 0.00000243. The predicted molar refractivity (Wildman–Crippen MR) is 122 cm³/mol. The van der Waals surface area contributed by atoms with Crippen molar-refractivity contribution in [2.45, 2.75) is 45.3 Å². The fraction of sp³-hybridized carbons (Fsp3) is 0.476. The number of piperidine rings is 1. The van der Waals surface area contributed by atoms with Crippen molar-refractivity contribution in [1.29, 1.82) is 0 Å². The van der Waals surface area contributed by atoms with Crippen molar-refractivity contribution < 1.29 is 0 Å². The van der Waals surface area contributed by atoms with Crippen molar-refractivity contribution in [1.82, 2.24) is 15.5 Å². The molecule has 0 aromatic heterocycles. The van der Waals surface area contributed by atoms with Crippen LogP contribution in [-0.2, 0) is 6.54 Å². The zero-order valence-corrected chi connectivity index (χ0v) is 18.4. The van der Waals surface area contributed by atoms with E-state index in [4.69, 9.17) is 0 Å². The summed E-state index contributed by atoms with van der Waals surface area (Å²) in [7, 11) is 1.85. The molecule has 0 radical (unpaired) electrons. The minimum absolute atomic E-state index is 0. The number of guanidine groups is 1. The quantitative estimate of drug-likeness (QED) is 0.407. The van der Waals surface area contributed by atoms with Gasteiger partial charge in [-0.1, -0.05) is 42.5 Å². The molecule has 2 N–H and O–H groups in total. The first-order valence-corrected chi connectivity index (χ1v) is 9.35. The summed E-state index contributed by atoms with van der Waals surface area (Å²) >= 11 is 0. The molecule has 26 heavy (non-hydrogen) atoms. The van der Waals surface area contributed by atoms with Crippen LogP contribution in [-0.4, -0.2) is 43.1 Å². The molecule has 2 aromatic rings. The highest BCUT2D eigenvalue weighted by atomic mass is 127. The SMILES string of the molecule is CN=C(NCc1cccc2ccccc12)NC1CCN(C(C)C)CC1.I. The normalized spacial score (nSPS) is 16.5. The molecule has 0 saturated carbocycles. The van der Waals surface area contributed by atoms with Gasteiger partial charge in [0.1, 0.15) is 0 Å². The Morgan fingerprint density at radius 2 is 1.81 bits per heavy atom. The second kappa shape index (κ2) is 10.1. The van der Waals surface area contributed by atoms with Crippen LogP contribution in [0.1, 0.15) is 32.3 Å². The Labute approximate surface area is 174 Å². The lowest BCUT2D eigenvalue weighted by Gasteiger charge is -2.35. The summed E-state index contributed by atoms with van der Waals surface area (Å²) in [5, 5.41) is 9.67. The van der Waals surface area contributed by atoms with Gasteiger partial charge in [-0.3, -0.25) is 4.99 Å². The Hall–Kier alpha value is -1.34. The van der Waals surface area contributed by atoms with Crippen LogP contribution in [0, 0.1) is 0 Å². The second-order valence-corrected chi connectivity index (χ2v) is 7.11. The van der Waals surface area contributed by atoms with Crippen LogP contribution in [0.5, 0.6) is 0 Å². The number of likely N-dealkylation sites (tertiary alicyclic amines) is 1. The van der Waals surface area contributed by atoms with Crippen LogP contribution in [0.3, 0.4) is 0 Å². The molecule has 2 aromatic carbocycles. The van der Waals surface area contributed by atoms with Gasteiger partial charge >= 0.3 is 0 Å². The Bertz CT molecular complexity index is 716. The summed E-state index contributed by atoms with van der Waals surface area (Å²) < 4.78 is 0. The number of nitrogens with one attached hydrogen (secondary N) is 2. The van der Waals surface area contributed by atoms with E-state index in [1.54, 1.807) is 0 Å². The molecule has 0 amide bonds. The van der Waals surface area contributed by atoms with E-state index in [0.717, 1.165) is 25.6 Å². The minimum atomic E-state index is 0. The first kappa shape index (κ1) is 21.0. The van der Waals surface area contributed by atoms with Gasteiger partial charge in [0.05, 0.1) is 0 Å². The van der Waals surface area contributed by atoms with Crippen molar-refractivity contribution in [3.05, 3.63) is 48.0 Å². The molecule has 0 unspecified atom stereocenters. The maximum Gasteiger partial charge on any atom is 0.191 e. The highest BCUT2D eigenvalue weighted by Gasteiger charge is 2.21. The Kier molecular flexibility index (Phi) is 8.15. The van der Waals surface area contributed by atoms with Gasteiger partial charge in [0.2, 0.25) is 0 Å². The fourth-order valence-electron chi connectivity index (χ4n) is 3.57. The van der Waals surface area contributed by atoms with E-state index in [9.17, 15) is 0 Å². The summed E-state index contributed by atoms with van der Waals surface area (Å²) in [6.07, 6.45) is 2.35. The average Bonchev–Trinajstić information content (AvgIpc) is 2.65. The van der Waals surface area contributed by atoms with Gasteiger partial charge in [-0.25, -0.2) is 0 Å². The van der Waals surface area contributed by atoms with E-state index >= 15 is 0 Å². The molecule has 0 atom stereocenters. The van der Waals surface area contributed by atoms with Crippen molar-refractivity contribution in [3.63, 3.8) is 0 Å². The number of aliphatic imine (C=N–C) groups is 1. The van der Waals surface area contributed by atoms with Crippen molar-refractivity contribution >= 4 is 40.7 Å². The van der Waals surface area contributed by atoms with Crippen LogP contribution in [0.15, 0.2) is 47.5 Å². The second-order valence-electron chi connectivity index (χ2n) is 7.11. The molecule has 5 heteroatoms. The fourth-order valence-corrected chi connectivity index (χ4v) is 3.57. The van der Waals surface area contributed by atoms with Gasteiger partial charge in [0, 0.05) is 38.8 Å². The molecule has 1 aliphatic heterocycles. The average molecular weight is 466 g/mol. The topological polar surface area (TPSA) is 39.7 Å². The lowest BCUT2D eigenvalue weighted by Crippen LogP contribution is -2.49. The maximum absolute atomic E-state index is 4.41. The molecule has 1 fully saturated rings. The molecular weight excluding hydrogens is 435 g/mol. The zero-order chi connectivity index (χ0) is 17.6. The highest BCUT2D eigenvalue weighted by molar-refractivity contribution is 14.0. The van der Waals surface area contributed by atoms with Gasteiger partial charge < -0.3 is 15.5 Å². The standard InChI is InChI=1S/C21H30N4.HI/c1-16(2)25-13-11-19(12-14-25)24-21(22-3)23-15-18-9-6-8-17-7-4-5-10-20(17)18;/h4-10,16,19H,11-15H2,1-3H3,(H2,22,23,24);1H. The van der Waals surface area contributed by atoms with Crippen molar-refractivity contribution in [2.24, 2.45) is 4.99 Å². The maximum atomic E-state index is 4.41. The van der Waals surface area contributed by atoms with E-state index in [-0.39, 0.29) is 24.0 Å². The monoisotopic (exact) mass is 466 g/mol. The summed E-state index contributed by atoms with van der Waals surface area (Å²) in [5.41, 5.74) is 1.30. The van der Waals surface area contributed by atoms with Gasteiger partial charge in [0.25, 0.3) is 0 Å². The largest absolute Gasteiger partial charge is 0.354 e. The van der Waals surface area contributed by atoms with Crippen LogP contribution in [0.2, 0.25) is 0 Å². The Morgan fingerprint density at radius 1 is 1.12 bits per heavy atom. The van der Waals surface area contributed by atoms with Gasteiger partial charge in [-0.15, -0.1) is 24.0 Å². The molecule has 1 aliphatic rings. The van der Waals surface area contributed by atoms with E-state index < -0.39 is 0 Å². The van der Waals surface area contributed by atoms with Crippen LogP contribution in [0.4, 0.5) is 0 Å². The third-order valence-electron chi connectivity index (χ3n) is 5.15. The molecule has 0 bridgehead atoms. The number of halogens is 1. The van der Waals surface area contributed by atoms with Crippen molar-refractivity contribution in [3.8, 4) is 0 Å². The zero-order valence-electron chi connectivity index (χ0n) is 16.0. The van der Waals surface area contributed by atoms with E-state index in [2.05, 4.69) is 76.8 Å². The molecule has 0 spiro atoms. The van der Waals surface area contributed by atoms with E-state index in [1.807, 2.05) is 7.05 Å². The smallest absolute Gasteiger partial charge is 0.191 e. The molecule has 4 nitrogen and oxygen atoms in total. The summed E-state index contributed by atoms with van der Waals surface area (Å²) in [6, 6.07) is 16.2. The number of nitrogens with zero attached hydrogens (tertiary/aromatic N) is 2. The summed E-state index contributed by atoms with van der Waals surface area (Å²) in [5.74, 6) is 0.899. The van der Waals surface area contributed by atoms with E-state index in [1.165, 1.54) is 29.2 Å². The lowest BCUT2D eigenvalue weighted by atomic mass is 10.0. The van der Waals surface area contributed by atoms with E-state index in [0.29, 0.717) is 12.1 Å². The highest BCUT2D eigenvalue weighted by Crippen LogP contribution is 2.18. The predicted octanol–water partition coefficient (Wildman–Crippen LogP) is 4.00. The number of hydrogen-bond acceptors (Lipinski definition) is 2. The molecule has 142 valence electrons. The molecular formula is C21H31IN4. The lowest BCUT2D eigenvalue weighted by molar-refractivity contribution is 0.167. The van der Waals surface area contributed by atoms with Crippen molar-refractivity contribution in [2.75, 3.05) is 20.1 Å². The summed E-state index contributed by atoms with van der Waals surface area (Å²) in [6.45, 7) is 7.66. The summed E-state index contributed by atoms with van der Waals surface area (Å²) in [4.78, 5) is 6.96. The van der Waals surface area contributed by atoms with Gasteiger partial charge in [0.15, 0.2) is 5.96 Å². The third kappa shape index (κ3) is 5.33. The molecule has 1 saturated heterocycles. The number of rotatable bonds is 4. The molecule has 0 aliphatic carbocycles. The van der Waals surface area contributed by atoms with Crippen LogP contribution < -0.4 is 10.6 Å². The van der Waals surface area contributed by atoms with Gasteiger partial charge in [-0.05, 0) is 43.0 Å². The molecule has 1 heterocycles. The number of hydrogen-bond donors (Lipinski definition) is 2. The first-order chi connectivity index (χ1) is 12.2. The minimum Gasteiger partial charge on any atom is -0.354 e. The van der Waals surface area contributed by atoms with Crippen LogP contribution in [0.25, 0.3) is 10.8 Å². The number of fused-ring (bicyclic) bond motifs is 1.